The highest BCUT2D eigenvalue weighted by atomic mass is 16.5. The molecule has 0 spiro atoms. The number of nitrogens with one attached hydrogen (secondary N) is 2. The fourth-order valence-electron chi connectivity index (χ4n) is 2.41. The van der Waals surface area contributed by atoms with E-state index in [4.69, 9.17) is 4.74 Å². The first-order chi connectivity index (χ1) is 9.74. The van der Waals surface area contributed by atoms with Crippen molar-refractivity contribution in [3.63, 3.8) is 0 Å². The van der Waals surface area contributed by atoms with Gasteiger partial charge in [0.15, 0.2) is 0 Å². The van der Waals surface area contributed by atoms with Gasteiger partial charge in [-0.25, -0.2) is 4.79 Å². The lowest BCUT2D eigenvalue weighted by Gasteiger charge is -2.16. The van der Waals surface area contributed by atoms with Crippen LogP contribution in [0.4, 0.5) is 4.79 Å². The van der Waals surface area contributed by atoms with Crippen LogP contribution in [-0.4, -0.2) is 35.0 Å². The molecular formula is C14H24N4O2. The number of carbonyl (C=O) groups is 1. The molecule has 0 aromatic carbocycles. The third kappa shape index (κ3) is 3.72. The third-order valence-electron chi connectivity index (χ3n) is 3.71. The van der Waals surface area contributed by atoms with Crippen molar-refractivity contribution in [3.8, 4) is 0 Å². The van der Waals surface area contributed by atoms with E-state index in [9.17, 15) is 4.79 Å². The van der Waals surface area contributed by atoms with E-state index in [1.165, 1.54) is 5.69 Å². The summed E-state index contributed by atoms with van der Waals surface area (Å²) in [5.74, 6) is 0. The van der Waals surface area contributed by atoms with E-state index < -0.39 is 0 Å². The lowest BCUT2D eigenvalue weighted by atomic mass is 10.2. The van der Waals surface area contributed by atoms with Gasteiger partial charge in [0.1, 0.15) is 0 Å². The van der Waals surface area contributed by atoms with Gasteiger partial charge >= 0.3 is 6.03 Å². The molecule has 2 heterocycles. The molecule has 0 unspecified atom stereocenters. The van der Waals surface area contributed by atoms with E-state index in [0.29, 0.717) is 19.7 Å². The molecule has 6 heteroatoms. The van der Waals surface area contributed by atoms with Crippen LogP contribution in [0, 0.1) is 0 Å². The molecule has 0 saturated carbocycles. The van der Waals surface area contributed by atoms with E-state index in [2.05, 4.69) is 29.6 Å². The molecule has 2 amide bonds. The molecule has 0 bridgehead atoms. The first kappa shape index (κ1) is 14.8. The molecule has 0 atom stereocenters. The smallest absolute Gasteiger partial charge is 0.315 e. The van der Waals surface area contributed by atoms with Crippen molar-refractivity contribution in [1.29, 1.82) is 0 Å². The van der Waals surface area contributed by atoms with Gasteiger partial charge in [0.25, 0.3) is 0 Å². The summed E-state index contributed by atoms with van der Waals surface area (Å²) >= 11 is 0. The lowest BCUT2D eigenvalue weighted by molar-refractivity contribution is 0.109. The van der Waals surface area contributed by atoms with Gasteiger partial charge in [-0.1, -0.05) is 13.8 Å². The number of carbonyl (C=O) groups excluding carboxylic acids is 1. The second-order valence-electron chi connectivity index (χ2n) is 5.06. The van der Waals surface area contributed by atoms with Crippen LogP contribution in [0.3, 0.4) is 0 Å². The Morgan fingerprint density at radius 1 is 1.50 bits per heavy atom. The van der Waals surface area contributed by atoms with Crippen LogP contribution < -0.4 is 10.6 Å². The van der Waals surface area contributed by atoms with Gasteiger partial charge in [0.2, 0.25) is 0 Å². The number of urea groups is 1. The van der Waals surface area contributed by atoms with E-state index in [1.807, 2.05) is 10.9 Å². The molecule has 0 radical (unpaired) electrons. The summed E-state index contributed by atoms with van der Waals surface area (Å²) in [6, 6.07) is 0.160. The Bertz CT molecular complexity index is 440. The highest BCUT2D eigenvalue weighted by molar-refractivity contribution is 5.74. The molecule has 1 aromatic heterocycles. The average Bonchev–Trinajstić information content (AvgIpc) is 2.88. The van der Waals surface area contributed by atoms with Crippen molar-refractivity contribution < 1.29 is 9.53 Å². The number of aromatic nitrogens is 2. The molecule has 2 rings (SSSR count). The minimum Gasteiger partial charge on any atom is -0.376 e. The predicted octanol–water partition coefficient (Wildman–Crippen LogP) is 1.44. The predicted molar refractivity (Wildman–Crippen MR) is 76.5 cm³/mol. The van der Waals surface area contributed by atoms with E-state index in [-0.39, 0.29) is 12.1 Å². The normalized spacial score (nSPS) is 14.2. The molecule has 0 saturated heterocycles. The van der Waals surface area contributed by atoms with Crippen molar-refractivity contribution in [2.24, 2.45) is 0 Å². The van der Waals surface area contributed by atoms with E-state index in [0.717, 1.165) is 31.4 Å². The van der Waals surface area contributed by atoms with Gasteiger partial charge in [0.05, 0.1) is 26.0 Å². The summed E-state index contributed by atoms with van der Waals surface area (Å²) in [6.07, 6.45) is 4.67. The van der Waals surface area contributed by atoms with Gasteiger partial charge in [-0.05, 0) is 12.8 Å². The Hall–Kier alpha value is -1.56. The van der Waals surface area contributed by atoms with Gasteiger partial charge in [-0.15, -0.1) is 0 Å². The highest BCUT2D eigenvalue weighted by Crippen LogP contribution is 2.15. The molecule has 1 aliphatic heterocycles. The zero-order valence-corrected chi connectivity index (χ0v) is 12.3. The summed E-state index contributed by atoms with van der Waals surface area (Å²) in [7, 11) is 0. The van der Waals surface area contributed by atoms with Crippen molar-refractivity contribution in [3.05, 3.63) is 17.5 Å². The van der Waals surface area contributed by atoms with Crippen molar-refractivity contribution >= 4 is 6.03 Å². The minimum atomic E-state index is -0.0944. The van der Waals surface area contributed by atoms with Crippen LogP contribution >= 0.6 is 0 Å². The quantitative estimate of drug-likeness (QED) is 0.828. The number of rotatable bonds is 6. The van der Waals surface area contributed by atoms with Gasteiger partial charge < -0.3 is 15.4 Å². The summed E-state index contributed by atoms with van der Waals surface area (Å²) < 4.78 is 7.35. The zero-order valence-electron chi connectivity index (χ0n) is 12.3. The molecule has 6 nitrogen and oxygen atoms in total. The van der Waals surface area contributed by atoms with Crippen molar-refractivity contribution in [2.75, 3.05) is 13.2 Å². The fraction of sp³-hybridized carbons (Fsp3) is 0.714. The van der Waals surface area contributed by atoms with Crippen molar-refractivity contribution in [1.82, 2.24) is 20.4 Å². The summed E-state index contributed by atoms with van der Waals surface area (Å²) in [4.78, 5) is 11.7. The summed E-state index contributed by atoms with van der Waals surface area (Å²) in [5.41, 5.74) is 2.40. The Balaban J connectivity index is 1.76. The maximum absolute atomic E-state index is 11.7. The first-order valence-electron chi connectivity index (χ1n) is 7.40. The number of amides is 2. The molecule has 112 valence electrons. The third-order valence-corrected chi connectivity index (χ3v) is 3.71. The van der Waals surface area contributed by atoms with Gasteiger partial charge in [-0.2, -0.15) is 5.10 Å². The summed E-state index contributed by atoms with van der Waals surface area (Å²) in [6.45, 7) is 6.84. The number of hydrogen-bond donors (Lipinski definition) is 2. The van der Waals surface area contributed by atoms with E-state index in [1.54, 1.807) is 0 Å². The second kappa shape index (κ2) is 7.28. The topological polar surface area (TPSA) is 68.2 Å². The molecule has 20 heavy (non-hydrogen) atoms. The SMILES string of the molecule is CCC(CC)NC(=O)NCCn1ncc2c1CCOC2. The minimum absolute atomic E-state index is 0.0944. The maximum Gasteiger partial charge on any atom is 0.315 e. The molecule has 2 N–H and O–H groups in total. The largest absolute Gasteiger partial charge is 0.376 e. The average molecular weight is 280 g/mol. The van der Waals surface area contributed by atoms with Crippen LogP contribution in [0.2, 0.25) is 0 Å². The molecular weight excluding hydrogens is 256 g/mol. The Kier molecular flexibility index (Phi) is 5.40. The number of hydrogen-bond acceptors (Lipinski definition) is 3. The van der Waals surface area contributed by atoms with Crippen LogP contribution in [-0.2, 0) is 24.3 Å². The zero-order chi connectivity index (χ0) is 14.4. The van der Waals surface area contributed by atoms with Crippen LogP contribution in [0.1, 0.15) is 37.9 Å². The number of fused-ring (bicyclic) bond motifs is 1. The molecule has 1 aromatic rings. The Morgan fingerprint density at radius 3 is 3.05 bits per heavy atom. The molecule has 1 aliphatic rings. The van der Waals surface area contributed by atoms with Gasteiger partial charge in [0, 0.05) is 30.3 Å². The highest BCUT2D eigenvalue weighted by Gasteiger charge is 2.15. The Morgan fingerprint density at radius 2 is 2.30 bits per heavy atom. The molecule has 0 aliphatic carbocycles. The first-order valence-corrected chi connectivity index (χ1v) is 7.40. The Labute approximate surface area is 119 Å². The standard InChI is InChI=1S/C14H24N4O2/c1-3-12(4-2)17-14(19)15-6-7-18-13-5-8-20-10-11(13)9-16-18/h9,12H,3-8,10H2,1-2H3,(H2,15,17,19). The lowest BCUT2D eigenvalue weighted by Crippen LogP contribution is -2.42. The molecule has 0 fully saturated rings. The van der Waals surface area contributed by atoms with Crippen LogP contribution in [0.15, 0.2) is 6.20 Å². The van der Waals surface area contributed by atoms with E-state index >= 15 is 0 Å². The number of nitrogens with zero attached hydrogens (tertiary/aromatic N) is 2. The van der Waals surface area contributed by atoms with Gasteiger partial charge in [-0.3, -0.25) is 4.68 Å². The number of ether oxygens (including phenoxy) is 1. The van der Waals surface area contributed by atoms with Crippen LogP contribution in [0.25, 0.3) is 0 Å². The van der Waals surface area contributed by atoms with Crippen LogP contribution in [0.5, 0.6) is 0 Å². The monoisotopic (exact) mass is 280 g/mol. The fourth-order valence-corrected chi connectivity index (χ4v) is 2.41. The van der Waals surface area contributed by atoms with Crippen molar-refractivity contribution in [2.45, 2.75) is 52.3 Å². The second-order valence-corrected chi connectivity index (χ2v) is 5.06. The maximum atomic E-state index is 11.7. The summed E-state index contributed by atoms with van der Waals surface area (Å²) in [5, 5.41) is 10.2.